The van der Waals surface area contributed by atoms with Gasteiger partial charge in [0.2, 0.25) is 0 Å². The predicted molar refractivity (Wildman–Crippen MR) is 68.3 cm³/mol. The highest BCUT2D eigenvalue weighted by Crippen LogP contribution is 2.18. The van der Waals surface area contributed by atoms with Gasteiger partial charge in [-0.2, -0.15) is 5.26 Å². The van der Waals surface area contributed by atoms with E-state index in [1.54, 1.807) is 6.07 Å². The molecule has 1 atom stereocenters. The molecule has 1 heterocycles. The molecule has 1 aliphatic heterocycles. The Balaban J connectivity index is 1.77. The van der Waals surface area contributed by atoms with Gasteiger partial charge >= 0.3 is 0 Å². The zero-order valence-corrected chi connectivity index (χ0v) is 10.4. The number of nitriles is 1. The first-order chi connectivity index (χ1) is 8.83. The van der Waals surface area contributed by atoms with E-state index in [2.05, 4.69) is 11.0 Å². The second-order valence-corrected chi connectivity index (χ2v) is 4.59. The molecule has 0 radical (unpaired) electrons. The third-order valence-electron chi connectivity index (χ3n) is 3.30. The van der Waals surface area contributed by atoms with E-state index < -0.39 is 0 Å². The molecular formula is C14H18N2O2. The Hall–Kier alpha value is -1.57. The highest BCUT2D eigenvalue weighted by molar-refractivity contribution is 5.42. The fraction of sp³-hybridized carbons (Fsp3) is 0.500. The van der Waals surface area contributed by atoms with E-state index in [0.717, 1.165) is 26.1 Å². The molecule has 0 amide bonds. The Kier molecular flexibility index (Phi) is 4.57. The summed E-state index contributed by atoms with van der Waals surface area (Å²) in [7, 11) is 0. The van der Waals surface area contributed by atoms with Crippen molar-refractivity contribution < 1.29 is 9.84 Å². The third-order valence-corrected chi connectivity index (χ3v) is 3.30. The van der Waals surface area contributed by atoms with Crippen LogP contribution in [0.15, 0.2) is 24.3 Å². The van der Waals surface area contributed by atoms with Gasteiger partial charge in [-0.3, -0.25) is 4.90 Å². The fourth-order valence-electron chi connectivity index (χ4n) is 2.23. The molecule has 1 saturated heterocycles. The second-order valence-electron chi connectivity index (χ2n) is 4.59. The first kappa shape index (κ1) is 12.9. The van der Waals surface area contributed by atoms with Crippen molar-refractivity contribution >= 4 is 0 Å². The van der Waals surface area contributed by atoms with Crippen LogP contribution >= 0.6 is 0 Å². The lowest BCUT2D eigenvalue weighted by molar-refractivity contribution is 0.204. The zero-order valence-electron chi connectivity index (χ0n) is 10.4. The summed E-state index contributed by atoms with van der Waals surface area (Å²) < 4.78 is 5.63. The van der Waals surface area contributed by atoms with Crippen molar-refractivity contribution in [2.75, 3.05) is 32.8 Å². The molecule has 4 heteroatoms. The van der Waals surface area contributed by atoms with Crippen LogP contribution in [-0.2, 0) is 0 Å². The van der Waals surface area contributed by atoms with Crippen LogP contribution in [0.3, 0.4) is 0 Å². The first-order valence-electron chi connectivity index (χ1n) is 6.28. The van der Waals surface area contributed by atoms with Crippen LogP contribution in [0, 0.1) is 17.2 Å². The van der Waals surface area contributed by atoms with E-state index in [9.17, 15) is 0 Å². The molecule has 0 aliphatic carbocycles. The molecule has 0 spiro atoms. The van der Waals surface area contributed by atoms with Crippen molar-refractivity contribution in [3.8, 4) is 11.8 Å². The van der Waals surface area contributed by atoms with Gasteiger partial charge in [-0.25, -0.2) is 0 Å². The van der Waals surface area contributed by atoms with Gasteiger partial charge in [0, 0.05) is 19.7 Å². The average molecular weight is 246 g/mol. The maximum Gasteiger partial charge on any atom is 0.137 e. The Morgan fingerprint density at radius 1 is 1.44 bits per heavy atom. The van der Waals surface area contributed by atoms with Crippen LogP contribution in [0.1, 0.15) is 12.0 Å². The number of likely N-dealkylation sites (tertiary alicyclic amines) is 1. The number of ether oxygens (including phenoxy) is 1. The van der Waals surface area contributed by atoms with Crippen LogP contribution in [0.2, 0.25) is 0 Å². The number of aliphatic hydroxyl groups is 1. The Morgan fingerprint density at radius 2 is 2.28 bits per heavy atom. The number of nitrogens with zero attached hydrogens (tertiary/aromatic N) is 2. The molecule has 1 N–H and O–H groups in total. The molecule has 96 valence electrons. The molecular weight excluding hydrogens is 228 g/mol. The minimum atomic E-state index is 0.272. The summed E-state index contributed by atoms with van der Waals surface area (Å²) in [4.78, 5) is 2.29. The summed E-state index contributed by atoms with van der Waals surface area (Å²) in [6, 6.07) is 9.39. The van der Waals surface area contributed by atoms with Gasteiger partial charge in [0.15, 0.2) is 0 Å². The van der Waals surface area contributed by atoms with E-state index in [4.69, 9.17) is 15.1 Å². The van der Waals surface area contributed by atoms with Crippen molar-refractivity contribution in [1.29, 1.82) is 5.26 Å². The Morgan fingerprint density at radius 3 is 3.00 bits per heavy atom. The first-order valence-corrected chi connectivity index (χ1v) is 6.28. The number of aliphatic hydroxyl groups excluding tert-OH is 1. The minimum Gasteiger partial charge on any atom is -0.491 e. The largest absolute Gasteiger partial charge is 0.491 e. The van der Waals surface area contributed by atoms with Gasteiger partial charge in [0.05, 0.1) is 5.56 Å². The maximum atomic E-state index is 9.06. The molecule has 4 nitrogen and oxygen atoms in total. The van der Waals surface area contributed by atoms with E-state index in [1.807, 2.05) is 18.2 Å². The summed E-state index contributed by atoms with van der Waals surface area (Å²) in [6.07, 6.45) is 1.06. The SMILES string of the molecule is N#Cc1ccccc1OCCN1CCC(CO)C1. The van der Waals surface area contributed by atoms with Crippen molar-refractivity contribution in [3.05, 3.63) is 29.8 Å². The van der Waals surface area contributed by atoms with E-state index in [1.165, 1.54) is 0 Å². The standard InChI is InChI=1S/C14H18N2O2/c15-9-13-3-1-2-4-14(13)18-8-7-16-6-5-12(10-16)11-17/h1-4,12,17H,5-8,10-11H2. The molecule has 1 fully saturated rings. The van der Waals surface area contributed by atoms with E-state index in [0.29, 0.717) is 23.8 Å². The van der Waals surface area contributed by atoms with Crippen LogP contribution in [0.5, 0.6) is 5.75 Å². The van der Waals surface area contributed by atoms with Crippen LogP contribution in [0.25, 0.3) is 0 Å². The van der Waals surface area contributed by atoms with Crippen molar-refractivity contribution in [1.82, 2.24) is 4.90 Å². The Labute approximate surface area is 107 Å². The summed E-state index contributed by atoms with van der Waals surface area (Å²) in [6.45, 7) is 3.66. The van der Waals surface area contributed by atoms with Gasteiger partial charge in [0.1, 0.15) is 18.4 Å². The maximum absolute atomic E-state index is 9.06. The van der Waals surface area contributed by atoms with E-state index >= 15 is 0 Å². The lowest BCUT2D eigenvalue weighted by Crippen LogP contribution is -2.26. The second kappa shape index (κ2) is 6.39. The number of rotatable bonds is 5. The summed E-state index contributed by atoms with van der Waals surface area (Å²) in [5.41, 5.74) is 0.576. The molecule has 1 aliphatic rings. The van der Waals surface area contributed by atoms with Crippen LogP contribution < -0.4 is 4.74 Å². The van der Waals surface area contributed by atoms with Gasteiger partial charge in [-0.15, -0.1) is 0 Å². The quantitative estimate of drug-likeness (QED) is 0.849. The summed E-state index contributed by atoms with van der Waals surface area (Å²) >= 11 is 0. The fourth-order valence-corrected chi connectivity index (χ4v) is 2.23. The number of hydrogen-bond donors (Lipinski definition) is 1. The van der Waals surface area contributed by atoms with Crippen LogP contribution in [-0.4, -0.2) is 42.9 Å². The Bertz CT molecular complexity index is 428. The number of para-hydroxylation sites is 1. The minimum absolute atomic E-state index is 0.272. The third kappa shape index (κ3) is 3.22. The molecule has 18 heavy (non-hydrogen) atoms. The van der Waals surface area contributed by atoms with Gasteiger partial charge < -0.3 is 9.84 Å². The van der Waals surface area contributed by atoms with Crippen molar-refractivity contribution in [3.63, 3.8) is 0 Å². The van der Waals surface area contributed by atoms with Crippen molar-refractivity contribution in [2.24, 2.45) is 5.92 Å². The number of hydrogen-bond acceptors (Lipinski definition) is 4. The average Bonchev–Trinajstić information content (AvgIpc) is 2.87. The molecule has 1 aromatic carbocycles. The highest BCUT2D eigenvalue weighted by atomic mass is 16.5. The van der Waals surface area contributed by atoms with Crippen LogP contribution in [0.4, 0.5) is 0 Å². The van der Waals surface area contributed by atoms with Crippen molar-refractivity contribution in [2.45, 2.75) is 6.42 Å². The topological polar surface area (TPSA) is 56.5 Å². The molecule has 1 unspecified atom stereocenters. The monoisotopic (exact) mass is 246 g/mol. The van der Waals surface area contributed by atoms with Gasteiger partial charge in [0.25, 0.3) is 0 Å². The number of benzene rings is 1. The lowest BCUT2D eigenvalue weighted by Gasteiger charge is -2.16. The van der Waals surface area contributed by atoms with E-state index in [-0.39, 0.29) is 6.61 Å². The molecule has 0 aromatic heterocycles. The summed E-state index contributed by atoms with van der Waals surface area (Å²) in [5, 5.41) is 18.0. The molecule has 0 bridgehead atoms. The lowest BCUT2D eigenvalue weighted by atomic mass is 10.1. The zero-order chi connectivity index (χ0) is 12.8. The predicted octanol–water partition coefficient (Wildman–Crippen LogP) is 1.25. The van der Waals surface area contributed by atoms with Gasteiger partial charge in [-0.1, -0.05) is 12.1 Å². The summed E-state index contributed by atoms with van der Waals surface area (Å²) in [5.74, 6) is 1.06. The molecule has 0 saturated carbocycles. The smallest absolute Gasteiger partial charge is 0.137 e. The molecule has 1 aromatic rings. The molecule has 2 rings (SSSR count). The van der Waals surface area contributed by atoms with Gasteiger partial charge in [-0.05, 0) is 31.0 Å². The highest BCUT2D eigenvalue weighted by Gasteiger charge is 2.21. The normalized spacial score (nSPS) is 19.7.